The highest BCUT2D eigenvalue weighted by atomic mass is 16.2. The molecule has 1 aliphatic heterocycles. The molecule has 2 rings (SSSR count). The summed E-state index contributed by atoms with van der Waals surface area (Å²) in [6.07, 6.45) is 5.99. The van der Waals surface area contributed by atoms with E-state index in [1.165, 1.54) is 0 Å². The number of pyridine rings is 1. The molecule has 18 heavy (non-hydrogen) atoms. The molecule has 1 atom stereocenters. The van der Waals surface area contributed by atoms with Crippen LogP contribution < -0.4 is 5.73 Å². The molecule has 1 aliphatic rings. The van der Waals surface area contributed by atoms with Crippen LogP contribution in [0, 0.1) is 5.92 Å². The number of aromatic nitrogens is 1. The second-order valence-corrected chi connectivity index (χ2v) is 5.11. The first kappa shape index (κ1) is 13.0. The van der Waals surface area contributed by atoms with Crippen molar-refractivity contribution in [3.05, 3.63) is 30.1 Å². The molecule has 2 heterocycles. The average molecular weight is 247 g/mol. The highest BCUT2D eigenvalue weighted by Crippen LogP contribution is 2.20. The second kappa shape index (κ2) is 5.96. The fourth-order valence-electron chi connectivity index (χ4n) is 2.46. The van der Waals surface area contributed by atoms with Crippen LogP contribution in [0.4, 0.5) is 0 Å². The van der Waals surface area contributed by atoms with Gasteiger partial charge in [0, 0.05) is 31.5 Å². The smallest absolute Gasteiger partial charge is 0.226 e. The zero-order valence-electron chi connectivity index (χ0n) is 10.9. The van der Waals surface area contributed by atoms with Crippen molar-refractivity contribution in [2.24, 2.45) is 11.7 Å². The number of carbonyl (C=O) groups excluding carboxylic acids is 1. The lowest BCUT2D eigenvalue weighted by Gasteiger charge is -2.33. The predicted molar refractivity (Wildman–Crippen MR) is 70.9 cm³/mol. The quantitative estimate of drug-likeness (QED) is 0.873. The molecule has 0 spiro atoms. The molecule has 1 amide bonds. The summed E-state index contributed by atoms with van der Waals surface area (Å²) >= 11 is 0. The number of amides is 1. The Morgan fingerprint density at radius 1 is 1.44 bits per heavy atom. The Morgan fingerprint density at radius 2 is 2.06 bits per heavy atom. The van der Waals surface area contributed by atoms with Gasteiger partial charge in [-0.05, 0) is 43.4 Å². The van der Waals surface area contributed by atoms with Crippen LogP contribution in [-0.2, 0) is 11.2 Å². The maximum absolute atomic E-state index is 12.1. The van der Waals surface area contributed by atoms with E-state index in [0.29, 0.717) is 12.3 Å². The number of piperidine rings is 1. The van der Waals surface area contributed by atoms with Gasteiger partial charge in [-0.3, -0.25) is 9.78 Å². The van der Waals surface area contributed by atoms with Crippen LogP contribution in [-0.4, -0.2) is 34.9 Å². The first-order valence-electron chi connectivity index (χ1n) is 6.59. The SMILES string of the molecule is CC(N)C1CCN(C(=O)Cc2ccncc2)CC1. The highest BCUT2D eigenvalue weighted by Gasteiger charge is 2.24. The van der Waals surface area contributed by atoms with Crippen LogP contribution in [0.15, 0.2) is 24.5 Å². The Balaban J connectivity index is 1.85. The van der Waals surface area contributed by atoms with Crippen LogP contribution in [0.25, 0.3) is 0 Å². The molecule has 4 heteroatoms. The van der Waals surface area contributed by atoms with Crippen molar-refractivity contribution in [3.63, 3.8) is 0 Å². The molecule has 1 aromatic rings. The lowest BCUT2D eigenvalue weighted by molar-refractivity contribution is -0.131. The van der Waals surface area contributed by atoms with E-state index >= 15 is 0 Å². The maximum Gasteiger partial charge on any atom is 0.226 e. The molecule has 1 aromatic heterocycles. The standard InChI is InChI=1S/C14H21N3O/c1-11(15)13-4-8-17(9-5-13)14(18)10-12-2-6-16-7-3-12/h2-3,6-7,11,13H,4-5,8-10,15H2,1H3. The van der Waals surface area contributed by atoms with E-state index in [4.69, 9.17) is 5.73 Å². The van der Waals surface area contributed by atoms with Crippen molar-refractivity contribution in [3.8, 4) is 0 Å². The van der Waals surface area contributed by atoms with Crippen molar-refractivity contribution >= 4 is 5.91 Å². The Morgan fingerprint density at radius 3 is 2.61 bits per heavy atom. The van der Waals surface area contributed by atoms with Crippen LogP contribution in [0.1, 0.15) is 25.3 Å². The molecule has 1 saturated heterocycles. The van der Waals surface area contributed by atoms with E-state index in [1.54, 1.807) is 12.4 Å². The summed E-state index contributed by atoms with van der Waals surface area (Å²) in [5.41, 5.74) is 6.93. The van der Waals surface area contributed by atoms with Crippen molar-refractivity contribution in [1.29, 1.82) is 0 Å². The van der Waals surface area contributed by atoms with Gasteiger partial charge in [0.1, 0.15) is 0 Å². The van der Waals surface area contributed by atoms with Gasteiger partial charge in [-0.2, -0.15) is 0 Å². The highest BCUT2D eigenvalue weighted by molar-refractivity contribution is 5.78. The summed E-state index contributed by atoms with van der Waals surface area (Å²) in [7, 11) is 0. The Hall–Kier alpha value is -1.42. The zero-order chi connectivity index (χ0) is 13.0. The Labute approximate surface area is 108 Å². The number of nitrogens with zero attached hydrogens (tertiary/aromatic N) is 2. The zero-order valence-corrected chi connectivity index (χ0v) is 10.9. The molecule has 98 valence electrons. The summed E-state index contributed by atoms with van der Waals surface area (Å²) in [5.74, 6) is 0.777. The van der Waals surface area contributed by atoms with E-state index < -0.39 is 0 Å². The Bertz CT molecular complexity index is 383. The monoisotopic (exact) mass is 247 g/mol. The van der Waals surface area contributed by atoms with Crippen molar-refractivity contribution < 1.29 is 4.79 Å². The van der Waals surface area contributed by atoms with E-state index in [-0.39, 0.29) is 11.9 Å². The number of carbonyl (C=O) groups is 1. The third-order valence-corrected chi connectivity index (χ3v) is 3.74. The van der Waals surface area contributed by atoms with E-state index in [2.05, 4.69) is 11.9 Å². The van der Waals surface area contributed by atoms with Crippen molar-refractivity contribution in [1.82, 2.24) is 9.88 Å². The molecule has 0 aromatic carbocycles. The van der Waals surface area contributed by atoms with E-state index in [0.717, 1.165) is 31.5 Å². The molecule has 0 saturated carbocycles. The largest absolute Gasteiger partial charge is 0.342 e. The van der Waals surface area contributed by atoms with Gasteiger partial charge in [0.25, 0.3) is 0 Å². The van der Waals surface area contributed by atoms with Gasteiger partial charge < -0.3 is 10.6 Å². The first-order chi connectivity index (χ1) is 8.66. The minimum Gasteiger partial charge on any atom is -0.342 e. The normalized spacial score (nSPS) is 18.7. The van der Waals surface area contributed by atoms with E-state index in [9.17, 15) is 4.79 Å². The lowest BCUT2D eigenvalue weighted by Crippen LogP contribution is -2.43. The number of rotatable bonds is 3. The fraction of sp³-hybridized carbons (Fsp3) is 0.571. The molecule has 1 fully saturated rings. The van der Waals surface area contributed by atoms with Gasteiger partial charge in [0.15, 0.2) is 0 Å². The summed E-state index contributed by atoms with van der Waals surface area (Å²) in [5, 5.41) is 0. The van der Waals surface area contributed by atoms with Gasteiger partial charge in [-0.15, -0.1) is 0 Å². The van der Waals surface area contributed by atoms with Crippen LogP contribution in [0.3, 0.4) is 0 Å². The van der Waals surface area contributed by atoms with Crippen molar-refractivity contribution in [2.45, 2.75) is 32.2 Å². The first-order valence-corrected chi connectivity index (χ1v) is 6.59. The molecular formula is C14H21N3O. The Kier molecular flexibility index (Phi) is 4.31. The number of hydrogen-bond donors (Lipinski definition) is 1. The minimum absolute atomic E-state index is 0.212. The van der Waals surface area contributed by atoms with E-state index in [1.807, 2.05) is 17.0 Å². The van der Waals surface area contributed by atoms with Gasteiger partial charge >= 0.3 is 0 Å². The van der Waals surface area contributed by atoms with Crippen LogP contribution in [0.5, 0.6) is 0 Å². The maximum atomic E-state index is 12.1. The third-order valence-electron chi connectivity index (χ3n) is 3.74. The van der Waals surface area contributed by atoms with Gasteiger partial charge in [0.2, 0.25) is 5.91 Å². The summed E-state index contributed by atoms with van der Waals surface area (Å²) in [4.78, 5) is 18.0. The molecule has 2 N–H and O–H groups in total. The topological polar surface area (TPSA) is 59.2 Å². The molecule has 0 radical (unpaired) electrons. The van der Waals surface area contributed by atoms with Crippen molar-refractivity contribution in [2.75, 3.05) is 13.1 Å². The van der Waals surface area contributed by atoms with Crippen LogP contribution in [0.2, 0.25) is 0 Å². The number of likely N-dealkylation sites (tertiary alicyclic amines) is 1. The summed E-state index contributed by atoms with van der Waals surface area (Å²) in [6.45, 7) is 3.74. The second-order valence-electron chi connectivity index (χ2n) is 5.11. The predicted octanol–water partition coefficient (Wildman–Crippen LogP) is 1.21. The van der Waals surface area contributed by atoms with Gasteiger partial charge in [-0.25, -0.2) is 0 Å². The molecule has 1 unspecified atom stereocenters. The third kappa shape index (κ3) is 3.29. The average Bonchev–Trinajstić information content (AvgIpc) is 2.40. The summed E-state index contributed by atoms with van der Waals surface area (Å²) in [6, 6.07) is 4.03. The molecule has 0 bridgehead atoms. The van der Waals surface area contributed by atoms with Gasteiger partial charge in [-0.1, -0.05) is 0 Å². The lowest BCUT2D eigenvalue weighted by atomic mass is 9.91. The molecular weight excluding hydrogens is 226 g/mol. The fourth-order valence-corrected chi connectivity index (χ4v) is 2.46. The van der Waals surface area contributed by atoms with Gasteiger partial charge in [0.05, 0.1) is 6.42 Å². The number of hydrogen-bond acceptors (Lipinski definition) is 3. The van der Waals surface area contributed by atoms with Crippen LogP contribution >= 0.6 is 0 Å². The molecule has 0 aliphatic carbocycles. The number of nitrogens with two attached hydrogens (primary N) is 1. The molecule has 4 nitrogen and oxygen atoms in total. The minimum atomic E-state index is 0.212. The summed E-state index contributed by atoms with van der Waals surface area (Å²) < 4.78 is 0.